The molecule has 2 unspecified atom stereocenters. The molecule has 2 aromatic carbocycles. The summed E-state index contributed by atoms with van der Waals surface area (Å²) < 4.78 is 31.4. The highest BCUT2D eigenvalue weighted by Gasteiger charge is 2.31. The Balaban J connectivity index is 1.75. The third kappa shape index (κ3) is 7.12. The number of sulfone groups is 1. The van der Waals surface area contributed by atoms with Gasteiger partial charge < -0.3 is 20.2 Å². The third-order valence-electron chi connectivity index (χ3n) is 5.37. The van der Waals surface area contributed by atoms with Crippen molar-refractivity contribution in [2.24, 2.45) is 0 Å². The maximum absolute atomic E-state index is 13.2. The summed E-state index contributed by atoms with van der Waals surface area (Å²) >= 11 is 0. The fourth-order valence-corrected chi connectivity index (χ4v) is 5.41. The van der Waals surface area contributed by atoms with Gasteiger partial charge in [-0.1, -0.05) is 69.7 Å². The number of carbonyl (C=O) groups is 1. The number of aliphatic hydroxyl groups excluding tert-OH is 1. The van der Waals surface area contributed by atoms with Crippen LogP contribution in [0, 0.1) is 0 Å². The number of rotatable bonds is 12. The van der Waals surface area contributed by atoms with Crippen LogP contribution in [0.15, 0.2) is 59.0 Å². The topological polar surface area (TPSA) is 122 Å². The quantitative estimate of drug-likeness (QED) is 0.359. The molecule has 3 aromatic rings. The number of nitrogens with zero attached hydrogens (tertiary/aromatic N) is 1. The van der Waals surface area contributed by atoms with Crippen molar-refractivity contribution in [2.45, 2.75) is 63.6 Å². The van der Waals surface area contributed by atoms with Gasteiger partial charge in [-0.05, 0) is 24.1 Å². The smallest absolute Gasteiger partial charge is 0.238 e. The molecule has 0 spiro atoms. The van der Waals surface area contributed by atoms with E-state index in [1.54, 1.807) is 36.4 Å². The van der Waals surface area contributed by atoms with Crippen LogP contribution in [-0.4, -0.2) is 48.3 Å². The monoisotopic (exact) mass is 487 g/mol. The first-order chi connectivity index (χ1) is 16.2. The van der Waals surface area contributed by atoms with E-state index >= 15 is 0 Å². The van der Waals surface area contributed by atoms with E-state index in [-0.39, 0.29) is 23.4 Å². The fourth-order valence-electron chi connectivity index (χ4n) is 3.83. The maximum Gasteiger partial charge on any atom is 0.238 e. The highest BCUT2D eigenvalue weighted by molar-refractivity contribution is 7.90. The molecule has 0 fully saturated rings. The van der Waals surface area contributed by atoms with Crippen LogP contribution in [0.4, 0.5) is 0 Å². The third-order valence-corrected chi connectivity index (χ3v) is 6.99. The molecule has 0 saturated carbocycles. The average Bonchev–Trinajstić information content (AvgIpc) is 3.22. The minimum atomic E-state index is -3.58. The van der Waals surface area contributed by atoms with E-state index in [0.29, 0.717) is 29.5 Å². The number of aromatic nitrogens is 1. The Morgan fingerprint density at radius 1 is 1.09 bits per heavy atom. The van der Waals surface area contributed by atoms with Crippen LogP contribution in [0.3, 0.4) is 0 Å². The van der Waals surface area contributed by atoms with Crippen molar-refractivity contribution in [1.29, 1.82) is 0 Å². The van der Waals surface area contributed by atoms with Crippen molar-refractivity contribution in [2.75, 3.05) is 5.75 Å². The molecule has 0 aliphatic rings. The SMILES string of the molecule is CCC[C@H](NC(=O)C(CS(=O)(=O)Cc1ccccc1)NC(C)C)C(O)c1nc2ccccc2o1. The molecule has 0 aliphatic heterocycles. The van der Waals surface area contributed by atoms with Crippen molar-refractivity contribution in [3.05, 3.63) is 66.1 Å². The van der Waals surface area contributed by atoms with Crippen LogP contribution in [0.1, 0.15) is 51.2 Å². The normalized spacial score (nSPS) is 14.7. The van der Waals surface area contributed by atoms with Gasteiger partial charge >= 0.3 is 0 Å². The zero-order chi connectivity index (χ0) is 24.7. The lowest BCUT2D eigenvalue weighted by molar-refractivity contribution is -0.124. The summed E-state index contributed by atoms with van der Waals surface area (Å²) in [4.78, 5) is 17.5. The van der Waals surface area contributed by atoms with Crippen molar-refractivity contribution in [1.82, 2.24) is 15.6 Å². The molecule has 9 heteroatoms. The molecule has 1 aromatic heterocycles. The molecular weight excluding hydrogens is 454 g/mol. The zero-order valence-electron chi connectivity index (χ0n) is 19.8. The highest BCUT2D eigenvalue weighted by atomic mass is 32.2. The molecule has 1 heterocycles. The van der Waals surface area contributed by atoms with Gasteiger partial charge in [0, 0.05) is 6.04 Å². The molecule has 0 saturated heterocycles. The minimum Gasteiger partial charge on any atom is -0.438 e. The van der Waals surface area contributed by atoms with Gasteiger partial charge in [0.2, 0.25) is 11.8 Å². The number of aliphatic hydroxyl groups is 1. The Labute approximate surface area is 200 Å². The molecule has 0 bridgehead atoms. The number of benzene rings is 2. The second kappa shape index (κ2) is 11.6. The van der Waals surface area contributed by atoms with E-state index in [4.69, 9.17) is 4.42 Å². The van der Waals surface area contributed by atoms with Crippen molar-refractivity contribution in [3.63, 3.8) is 0 Å². The predicted octanol–water partition coefficient (Wildman–Crippen LogP) is 3.13. The van der Waals surface area contributed by atoms with Gasteiger partial charge in [0.25, 0.3) is 0 Å². The zero-order valence-corrected chi connectivity index (χ0v) is 20.6. The molecule has 34 heavy (non-hydrogen) atoms. The molecule has 1 amide bonds. The van der Waals surface area contributed by atoms with Crippen molar-refractivity contribution < 1.29 is 22.7 Å². The number of para-hydroxylation sites is 2. The molecule has 0 radical (unpaired) electrons. The van der Waals surface area contributed by atoms with Crippen LogP contribution < -0.4 is 10.6 Å². The van der Waals surface area contributed by atoms with Gasteiger partial charge in [0.1, 0.15) is 11.6 Å². The van der Waals surface area contributed by atoms with Gasteiger partial charge in [0.15, 0.2) is 21.5 Å². The van der Waals surface area contributed by atoms with E-state index < -0.39 is 33.9 Å². The number of hydrogen-bond acceptors (Lipinski definition) is 7. The summed E-state index contributed by atoms with van der Waals surface area (Å²) in [5.41, 5.74) is 1.83. The Hall–Kier alpha value is -2.75. The molecule has 3 rings (SSSR count). The number of nitrogens with one attached hydrogen (secondary N) is 2. The van der Waals surface area contributed by atoms with Gasteiger partial charge in [-0.3, -0.25) is 4.79 Å². The van der Waals surface area contributed by atoms with Crippen LogP contribution in [-0.2, 0) is 20.4 Å². The first-order valence-electron chi connectivity index (χ1n) is 11.5. The summed E-state index contributed by atoms with van der Waals surface area (Å²) in [6, 6.07) is 14.3. The minimum absolute atomic E-state index is 0.116. The van der Waals surface area contributed by atoms with E-state index in [0.717, 1.165) is 0 Å². The Kier molecular flexibility index (Phi) is 8.82. The molecule has 3 atom stereocenters. The second-order valence-corrected chi connectivity index (χ2v) is 10.9. The average molecular weight is 488 g/mol. The summed E-state index contributed by atoms with van der Waals surface area (Å²) in [6.07, 6.45) is -0.00918. The summed E-state index contributed by atoms with van der Waals surface area (Å²) in [5, 5.41) is 16.8. The van der Waals surface area contributed by atoms with Crippen LogP contribution in [0.25, 0.3) is 11.1 Å². The molecule has 3 N–H and O–H groups in total. The van der Waals surface area contributed by atoms with Gasteiger partial charge in [-0.2, -0.15) is 0 Å². The number of hydrogen-bond donors (Lipinski definition) is 3. The van der Waals surface area contributed by atoms with Crippen LogP contribution in [0.2, 0.25) is 0 Å². The molecule has 0 aliphatic carbocycles. The molecule has 184 valence electrons. The highest BCUT2D eigenvalue weighted by Crippen LogP contribution is 2.24. The van der Waals surface area contributed by atoms with Crippen LogP contribution >= 0.6 is 0 Å². The lowest BCUT2D eigenvalue weighted by atomic mass is 10.0. The second-order valence-electron chi connectivity index (χ2n) is 8.78. The summed E-state index contributed by atoms with van der Waals surface area (Å²) in [6.45, 7) is 5.63. The summed E-state index contributed by atoms with van der Waals surface area (Å²) in [7, 11) is -3.58. The van der Waals surface area contributed by atoms with E-state index in [2.05, 4.69) is 15.6 Å². The standard InChI is InChI=1S/C25H33N3O5S/c1-4-10-20(23(29)25-28-19-13-8-9-14-22(19)33-25)27-24(30)21(26-17(2)3)16-34(31,32)15-18-11-6-5-7-12-18/h5-9,11-14,17,20-21,23,26,29H,4,10,15-16H2,1-3H3,(H,27,30)/t20-,21?,23?/m0/s1. The number of oxazole rings is 1. The Bertz CT molecular complexity index is 1140. The van der Waals surface area contributed by atoms with Crippen molar-refractivity contribution in [3.8, 4) is 0 Å². The van der Waals surface area contributed by atoms with E-state index in [1.807, 2.05) is 39.0 Å². The maximum atomic E-state index is 13.2. The molecular formula is C25H33N3O5S. The molecule has 8 nitrogen and oxygen atoms in total. The lowest BCUT2D eigenvalue weighted by Gasteiger charge is -2.26. The number of carbonyl (C=O) groups excluding carboxylic acids is 1. The van der Waals surface area contributed by atoms with E-state index in [1.165, 1.54) is 0 Å². The largest absolute Gasteiger partial charge is 0.438 e. The number of fused-ring (bicyclic) bond motifs is 1. The Morgan fingerprint density at radius 2 is 1.76 bits per heavy atom. The van der Waals surface area contributed by atoms with E-state index in [9.17, 15) is 18.3 Å². The predicted molar refractivity (Wildman–Crippen MR) is 132 cm³/mol. The van der Waals surface area contributed by atoms with Crippen molar-refractivity contribution >= 4 is 26.8 Å². The number of amides is 1. The lowest BCUT2D eigenvalue weighted by Crippen LogP contribution is -2.53. The summed E-state index contributed by atoms with van der Waals surface area (Å²) in [5.74, 6) is -0.880. The van der Waals surface area contributed by atoms with Gasteiger partial charge in [0.05, 0.1) is 17.5 Å². The van der Waals surface area contributed by atoms with Gasteiger partial charge in [-0.15, -0.1) is 0 Å². The fraction of sp³-hybridized carbons (Fsp3) is 0.440. The first-order valence-corrected chi connectivity index (χ1v) is 13.3. The van der Waals surface area contributed by atoms with Gasteiger partial charge in [-0.25, -0.2) is 13.4 Å². The first kappa shape index (κ1) is 25.9. The van der Waals surface area contributed by atoms with Crippen LogP contribution in [0.5, 0.6) is 0 Å². The Morgan fingerprint density at radius 3 is 2.41 bits per heavy atom.